The lowest BCUT2D eigenvalue weighted by atomic mass is 9.87. The quantitative estimate of drug-likeness (QED) is 0.494. The molecule has 0 spiro atoms. The van der Waals surface area contributed by atoms with E-state index in [4.69, 9.17) is 11.1 Å². The summed E-state index contributed by atoms with van der Waals surface area (Å²) in [5.41, 5.74) is 9.09. The van der Waals surface area contributed by atoms with Gasteiger partial charge in [0.1, 0.15) is 5.84 Å². The lowest BCUT2D eigenvalue weighted by Crippen LogP contribution is -2.13. The number of nitrogens with two attached hydrogens (primary N) is 1. The molecule has 3 N–H and O–H groups in total. The maximum Gasteiger partial charge on any atom is 0.123 e. The molecule has 0 aliphatic carbocycles. The summed E-state index contributed by atoms with van der Waals surface area (Å²) in [6.45, 7) is 6.66. The van der Waals surface area contributed by atoms with Crippen molar-refractivity contribution in [2.45, 2.75) is 36.8 Å². The van der Waals surface area contributed by atoms with Crippen molar-refractivity contribution >= 4 is 17.6 Å². The largest absolute Gasteiger partial charge is 0.384 e. The molecule has 0 atom stereocenters. The van der Waals surface area contributed by atoms with Crippen molar-refractivity contribution < 1.29 is 0 Å². The fourth-order valence-corrected chi connectivity index (χ4v) is 3.02. The van der Waals surface area contributed by atoms with Crippen molar-refractivity contribution in [3.8, 4) is 0 Å². The van der Waals surface area contributed by atoms with Crippen molar-refractivity contribution in [2.75, 3.05) is 0 Å². The SMILES string of the molecule is CC(C)(C)c1ccc(SCc2ccccc2C(=N)N)cc1. The molecule has 2 rings (SSSR count). The summed E-state index contributed by atoms with van der Waals surface area (Å²) in [7, 11) is 0. The zero-order valence-electron chi connectivity index (χ0n) is 12.8. The Bertz CT molecular complexity index is 624. The van der Waals surface area contributed by atoms with Gasteiger partial charge in [0.25, 0.3) is 0 Å². The topological polar surface area (TPSA) is 49.9 Å². The molecule has 110 valence electrons. The van der Waals surface area contributed by atoms with Gasteiger partial charge in [0.15, 0.2) is 0 Å². The van der Waals surface area contributed by atoms with Crippen LogP contribution in [0.25, 0.3) is 0 Å². The first-order valence-corrected chi connectivity index (χ1v) is 8.02. The molecule has 0 amide bonds. The van der Waals surface area contributed by atoms with E-state index in [1.54, 1.807) is 11.8 Å². The number of thioether (sulfide) groups is 1. The van der Waals surface area contributed by atoms with Crippen molar-refractivity contribution in [3.05, 3.63) is 65.2 Å². The summed E-state index contributed by atoms with van der Waals surface area (Å²) in [5.74, 6) is 0.958. The number of amidine groups is 1. The standard InChI is InChI=1S/C18H22N2S/c1-18(2,3)14-8-10-15(11-9-14)21-12-13-6-4-5-7-16(13)17(19)20/h4-11H,12H2,1-3H3,(H3,19,20). The minimum absolute atomic E-state index is 0.134. The molecule has 2 nitrogen and oxygen atoms in total. The minimum atomic E-state index is 0.134. The fraction of sp³-hybridized carbons (Fsp3) is 0.278. The highest BCUT2D eigenvalue weighted by Crippen LogP contribution is 2.28. The first kappa shape index (κ1) is 15.6. The molecule has 0 aliphatic heterocycles. The average molecular weight is 298 g/mol. The Morgan fingerprint density at radius 3 is 2.24 bits per heavy atom. The van der Waals surface area contributed by atoms with Gasteiger partial charge in [-0.1, -0.05) is 57.2 Å². The molecule has 2 aromatic rings. The van der Waals surface area contributed by atoms with Crippen molar-refractivity contribution in [3.63, 3.8) is 0 Å². The van der Waals surface area contributed by atoms with Crippen molar-refractivity contribution in [2.24, 2.45) is 5.73 Å². The predicted molar refractivity (Wildman–Crippen MR) is 92.2 cm³/mol. The predicted octanol–water partition coefficient (Wildman–Crippen LogP) is 4.56. The highest BCUT2D eigenvalue weighted by atomic mass is 32.2. The van der Waals surface area contributed by atoms with E-state index < -0.39 is 0 Å². The van der Waals surface area contributed by atoms with Crippen LogP contribution in [0.15, 0.2) is 53.4 Å². The van der Waals surface area contributed by atoms with E-state index in [0.29, 0.717) is 0 Å². The molecule has 0 bridgehead atoms. The number of hydrogen-bond donors (Lipinski definition) is 2. The normalized spacial score (nSPS) is 11.4. The van der Waals surface area contributed by atoms with Crippen LogP contribution in [0.4, 0.5) is 0 Å². The highest BCUT2D eigenvalue weighted by molar-refractivity contribution is 7.98. The second kappa shape index (κ2) is 6.35. The second-order valence-corrected chi connectivity index (χ2v) is 7.18. The zero-order chi connectivity index (χ0) is 15.5. The monoisotopic (exact) mass is 298 g/mol. The Labute approximate surface area is 131 Å². The van der Waals surface area contributed by atoms with Gasteiger partial charge in [0.05, 0.1) is 0 Å². The summed E-state index contributed by atoms with van der Waals surface area (Å²) < 4.78 is 0. The third kappa shape index (κ3) is 4.11. The van der Waals surface area contributed by atoms with Crippen LogP contribution in [0, 0.1) is 5.41 Å². The molecule has 0 fully saturated rings. The van der Waals surface area contributed by atoms with E-state index in [0.717, 1.165) is 16.9 Å². The van der Waals surface area contributed by atoms with Crippen LogP contribution in [0.2, 0.25) is 0 Å². The molecule has 0 saturated heterocycles. The molecular weight excluding hydrogens is 276 g/mol. The Hall–Kier alpha value is -1.74. The van der Waals surface area contributed by atoms with E-state index in [1.807, 2.05) is 24.3 Å². The molecule has 3 heteroatoms. The highest BCUT2D eigenvalue weighted by Gasteiger charge is 2.13. The average Bonchev–Trinajstić information content (AvgIpc) is 2.45. The molecule has 0 unspecified atom stereocenters. The summed E-state index contributed by atoms with van der Waals surface area (Å²) in [6, 6.07) is 16.6. The molecule has 0 radical (unpaired) electrons. The van der Waals surface area contributed by atoms with Gasteiger partial charge in [-0.15, -0.1) is 11.8 Å². The van der Waals surface area contributed by atoms with Gasteiger partial charge in [0, 0.05) is 16.2 Å². The summed E-state index contributed by atoms with van der Waals surface area (Å²) in [4.78, 5) is 1.24. The van der Waals surface area contributed by atoms with Crippen LogP contribution in [0.3, 0.4) is 0 Å². The maximum absolute atomic E-state index is 7.62. The fourth-order valence-electron chi connectivity index (χ4n) is 2.12. The Morgan fingerprint density at radius 2 is 1.67 bits per heavy atom. The van der Waals surface area contributed by atoms with Gasteiger partial charge in [-0.2, -0.15) is 0 Å². The van der Waals surface area contributed by atoms with Gasteiger partial charge in [-0.25, -0.2) is 0 Å². The van der Waals surface area contributed by atoms with E-state index in [1.165, 1.54) is 10.5 Å². The smallest absolute Gasteiger partial charge is 0.123 e. The molecule has 21 heavy (non-hydrogen) atoms. The Morgan fingerprint density at radius 1 is 1.05 bits per heavy atom. The van der Waals surface area contributed by atoms with Crippen molar-refractivity contribution in [1.82, 2.24) is 0 Å². The van der Waals surface area contributed by atoms with Gasteiger partial charge >= 0.3 is 0 Å². The van der Waals surface area contributed by atoms with Crippen LogP contribution < -0.4 is 5.73 Å². The molecule has 0 saturated carbocycles. The molecular formula is C18H22N2S. The third-order valence-electron chi connectivity index (χ3n) is 3.42. The van der Waals surface area contributed by atoms with Crippen LogP contribution in [-0.2, 0) is 11.2 Å². The van der Waals surface area contributed by atoms with E-state index in [2.05, 4.69) is 45.0 Å². The minimum Gasteiger partial charge on any atom is -0.384 e. The van der Waals surface area contributed by atoms with E-state index >= 15 is 0 Å². The molecule has 2 aromatic carbocycles. The van der Waals surface area contributed by atoms with Gasteiger partial charge in [-0.05, 0) is 28.7 Å². The molecule has 0 aliphatic rings. The lowest BCUT2D eigenvalue weighted by Gasteiger charge is -2.19. The number of rotatable bonds is 4. The van der Waals surface area contributed by atoms with E-state index in [-0.39, 0.29) is 11.3 Å². The maximum atomic E-state index is 7.62. The van der Waals surface area contributed by atoms with Crippen LogP contribution in [-0.4, -0.2) is 5.84 Å². The molecule has 0 aromatic heterocycles. The summed E-state index contributed by atoms with van der Waals surface area (Å²) in [6.07, 6.45) is 0. The number of nitrogens with one attached hydrogen (secondary N) is 1. The number of nitrogen functional groups attached to an aromatic ring is 1. The van der Waals surface area contributed by atoms with Crippen LogP contribution in [0.1, 0.15) is 37.5 Å². The lowest BCUT2D eigenvalue weighted by molar-refractivity contribution is 0.590. The van der Waals surface area contributed by atoms with Crippen LogP contribution >= 0.6 is 11.8 Å². The summed E-state index contributed by atoms with van der Waals surface area (Å²) in [5, 5.41) is 7.62. The first-order chi connectivity index (χ1) is 9.88. The number of hydrogen-bond acceptors (Lipinski definition) is 2. The van der Waals surface area contributed by atoms with Crippen molar-refractivity contribution in [1.29, 1.82) is 5.41 Å². The third-order valence-corrected chi connectivity index (χ3v) is 4.48. The number of benzene rings is 2. The second-order valence-electron chi connectivity index (χ2n) is 6.13. The first-order valence-electron chi connectivity index (χ1n) is 7.03. The van der Waals surface area contributed by atoms with E-state index in [9.17, 15) is 0 Å². The summed E-state index contributed by atoms with van der Waals surface area (Å²) >= 11 is 1.77. The van der Waals surface area contributed by atoms with Gasteiger partial charge in [0.2, 0.25) is 0 Å². The Kier molecular flexibility index (Phi) is 4.73. The van der Waals surface area contributed by atoms with Gasteiger partial charge in [-0.3, -0.25) is 5.41 Å². The van der Waals surface area contributed by atoms with Crippen LogP contribution in [0.5, 0.6) is 0 Å². The zero-order valence-corrected chi connectivity index (χ0v) is 13.6. The van der Waals surface area contributed by atoms with Gasteiger partial charge < -0.3 is 5.73 Å². The Balaban J connectivity index is 2.09. The molecule has 0 heterocycles.